The van der Waals surface area contributed by atoms with Crippen molar-refractivity contribution in [2.24, 2.45) is 5.92 Å². The number of hydrogen-bond donors (Lipinski definition) is 4. The average molecular weight is 597 g/mol. The first-order valence-corrected chi connectivity index (χ1v) is 15.3. The molecule has 0 amide bonds. The smallest absolute Gasteiger partial charge is 0.229 e. The van der Waals surface area contributed by atoms with Gasteiger partial charge in [0.1, 0.15) is 10.8 Å². The van der Waals surface area contributed by atoms with Crippen molar-refractivity contribution >= 4 is 39.9 Å². The standard InChI is InChI=1S/C27H41ClN6O5S/c1-37-16-21(17-38-2)34-10-8-18-12-24(25(39-3)13-19(18)9-11-34)32-27-29-15-22(28)26(33-27)31-23-7-5-4-6-20(23)14-30-40(35)36/h12-13,15,20-21,23,40H,4-11,14,16-17H2,1-3H3,(H,30,35,36)(H2,29,31,32,33)/t20-,23-/m1/s1. The molecule has 2 aromatic rings. The van der Waals surface area contributed by atoms with Crippen LogP contribution < -0.4 is 20.1 Å². The molecule has 2 heterocycles. The second-order valence-corrected chi connectivity index (χ2v) is 11.6. The van der Waals surface area contributed by atoms with Crippen molar-refractivity contribution in [2.75, 3.05) is 64.8 Å². The molecular formula is C27H41ClN6O5S. The third-order valence-corrected chi connectivity index (χ3v) is 8.51. The molecule has 11 nitrogen and oxygen atoms in total. The maximum Gasteiger partial charge on any atom is 0.229 e. The molecule has 0 radical (unpaired) electrons. The van der Waals surface area contributed by atoms with Gasteiger partial charge in [-0.05, 0) is 54.9 Å². The third-order valence-electron chi connectivity index (χ3n) is 7.80. The molecule has 1 aromatic carbocycles. The van der Waals surface area contributed by atoms with Crippen molar-refractivity contribution in [3.8, 4) is 5.75 Å². The molecule has 3 N–H and O–H groups in total. The lowest BCUT2D eigenvalue weighted by Gasteiger charge is -2.32. The number of fused-ring (bicyclic) bond motifs is 1. The van der Waals surface area contributed by atoms with Gasteiger partial charge in [0.2, 0.25) is 16.8 Å². The number of halogens is 1. The maximum atomic E-state index is 11.1. The number of hydrogen-bond acceptors (Lipinski definition) is 10. The fourth-order valence-corrected chi connectivity index (χ4v) is 6.24. The molecule has 40 heavy (non-hydrogen) atoms. The van der Waals surface area contributed by atoms with Crippen LogP contribution in [0.3, 0.4) is 0 Å². The van der Waals surface area contributed by atoms with Gasteiger partial charge in [0.15, 0.2) is 5.82 Å². The molecule has 1 aliphatic heterocycles. The monoisotopic (exact) mass is 596 g/mol. The van der Waals surface area contributed by atoms with E-state index >= 15 is 0 Å². The third kappa shape index (κ3) is 8.17. The van der Waals surface area contributed by atoms with Crippen LogP contribution in [-0.2, 0) is 33.2 Å². The van der Waals surface area contributed by atoms with Crippen LogP contribution in [0.1, 0.15) is 36.8 Å². The Labute approximate surface area is 243 Å². The van der Waals surface area contributed by atoms with E-state index in [9.17, 15) is 8.42 Å². The number of nitrogens with one attached hydrogen (secondary N) is 3. The summed E-state index contributed by atoms with van der Waals surface area (Å²) >= 11 is 6.47. The van der Waals surface area contributed by atoms with Gasteiger partial charge in [-0.25, -0.2) is 18.1 Å². The highest BCUT2D eigenvalue weighted by atomic mass is 35.5. The molecule has 1 aliphatic carbocycles. The molecular weight excluding hydrogens is 556 g/mol. The summed E-state index contributed by atoms with van der Waals surface area (Å²) in [4.78, 5) is 11.5. The van der Waals surface area contributed by atoms with Crippen LogP contribution in [0, 0.1) is 5.92 Å². The summed E-state index contributed by atoms with van der Waals surface area (Å²) in [5, 5.41) is 7.20. The van der Waals surface area contributed by atoms with Gasteiger partial charge in [-0.1, -0.05) is 24.4 Å². The normalized spacial score (nSPS) is 19.9. The van der Waals surface area contributed by atoms with Crippen LogP contribution in [0.2, 0.25) is 5.02 Å². The van der Waals surface area contributed by atoms with Gasteiger partial charge in [0, 0.05) is 39.9 Å². The molecule has 1 fully saturated rings. The number of anilines is 3. The quantitative estimate of drug-likeness (QED) is 0.256. The zero-order chi connectivity index (χ0) is 28.5. The van der Waals surface area contributed by atoms with E-state index in [4.69, 9.17) is 25.8 Å². The van der Waals surface area contributed by atoms with Crippen LogP contribution in [0.5, 0.6) is 5.75 Å². The van der Waals surface area contributed by atoms with Crippen molar-refractivity contribution in [3.63, 3.8) is 0 Å². The molecule has 1 saturated carbocycles. The number of benzene rings is 1. The van der Waals surface area contributed by atoms with Gasteiger partial charge in [0.05, 0.1) is 38.2 Å². The molecule has 222 valence electrons. The number of rotatable bonds is 13. The van der Waals surface area contributed by atoms with E-state index in [1.165, 1.54) is 11.1 Å². The molecule has 0 spiro atoms. The SMILES string of the molecule is COCC(COC)N1CCc2cc(Nc3ncc(Cl)c(N[C@@H]4CCCC[C@@H]4CN[SH](=O)=O)n3)c(OC)cc2CC1. The highest BCUT2D eigenvalue weighted by Gasteiger charge is 2.27. The Kier molecular flexibility index (Phi) is 11.6. The summed E-state index contributed by atoms with van der Waals surface area (Å²) in [7, 11) is 2.48. The van der Waals surface area contributed by atoms with E-state index < -0.39 is 10.9 Å². The number of nitrogens with zero attached hydrogens (tertiary/aromatic N) is 3. The predicted molar refractivity (Wildman–Crippen MR) is 158 cm³/mol. The lowest BCUT2D eigenvalue weighted by atomic mass is 9.84. The van der Waals surface area contributed by atoms with E-state index in [1.807, 2.05) is 0 Å². The summed E-state index contributed by atoms with van der Waals surface area (Å²) in [5.41, 5.74) is 3.29. The van der Waals surface area contributed by atoms with Crippen molar-refractivity contribution in [3.05, 3.63) is 34.5 Å². The van der Waals surface area contributed by atoms with Crippen molar-refractivity contribution in [1.29, 1.82) is 0 Å². The lowest BCUT2D eigenvalue weighted by molar-refractivity contribution is 0.0377. The first-order chi connectivity index (χ1) is 19.4. The van der Waals surface area contributed by atoms with Crippen molar-refractivity contribution in [1.82, 2.24) is 19.6 Å². The molecule has 0 unspecified atom stereocenters. The molecule has 0 bridgehead atoms. The second kappa shape index (κ2) is 15.1. The van der Waals surface area contributed by atoms with Gasteiger partial charge in [-0.2, -0.15) is 4.98 Å². The van der Waals surface area contributed by atoms with Gasteiger partial charge in [0.25, 0.3) is 0 Å². The zero-order valence-corrected chi connectivity index (χ0v) is 25.1. The Morgan fingerprint density at radius 1 is 1.07 bits per heavy atom. The van der Waals surface area contributed by atoms with E-state index in [2.05, 4.69) is 42.4 Å². The predicted octanol–water partition coefficient (Wildman–Crippen LogP) is 3.03. The summed E-state index contributed by atoms with van der Waals surface area (Å²) in [6, 6.07) is 4.48. The van der Waals surface area contributed by atoms with Crippen LogP contribution in [-0.4, -0.2) is 89.5 Å². The first kappa shape index (κ1) is 30.7. The van der Waals surface area contributed by atoms with Gasteiger partial charge >= 0.3 is 0 Å². The number of ether oxygens (including phenoxy) is 3. The van der Waals surface area contributed by atoms with Crippen LogP contribution in [0.15, 0.2) is 18.3 Å². The summed E-state index contributed by atoms with van der Waals surface area (Å²) in [6.07, 6.45) is 7.34. The topological polar surface area (TPSA) is 127 Å². The van der Waals surface area contributed by atoms with E-state index in [0.717, 1.165) is 63.1 Å². The molecule has 4 rings (SSSR count). The number of thiol groups is 1. The van der Waals surface area contributed by atoms with Crippen LogP contribution in [0.4, 0.5) is 17.5 Å². The first-order valence-electron chi connectivity index (χ1n) is 13.8. The van der Waals surface area contributed by atoms with Crippen molar-refractivity contribution in [2.45, 2.75) is 50.6 Å². The molecule has 2 aliphatic rings. The van der Waals surface area contributed by atoms with Crippen molar-refractivity contribution < 1.29 is 22.6 Å². The highest BCUT2D eigenvalue weighted by molar-refractivity contribution is 7.70. The Bertz CT molecular complexity index is 1190. The van der Waals surface area contributed by atoms with Gasteiger partial charge < -0.3 is 24.8 Å². The van der Waals surface area contributed by atoms with Gasteiger partial charge in [-0.15, -0.1) is 0 Å². The van der Waals surface area contributed by atoms with E-state index in [0.29, 0.717) is 36.5 Å². The van der Waals surface area contributed by atoms with E-state index in [-0.39, 0.29) is 18.0 Å². The number of methoxy groups -OCH3 is 3. The minimum absolute atomic E-state index is 0.0569. The minimum atomic E-state index is -2.63. The fourth-order valence-electron chi connectivity index (χ4n) is 5.71. The molecule has 0 saturated heterocycles. The van der Waals surface area contributed by atoms with Gasteiger partial charge in [-0.3, -0.25) is 4.90 Å². The molecule has 13 heteroatoms. The Morgan fingerprint density at radius 3 is 2.45 bits per heavy atom. The Morgan fingerprint density at radius 2 is 1.77 bits per heavy atom. The largest absolute Gasteiger partial charge is 0.495 e. The average Bonchev–Trinajstić information content (AvgIpc) is 3.16. The Balaban J connectivity index is 1.50. The fraction of sp³-hybridized carbons (Fsp3) is 0.630. The van der Waals surface area contributed by atoms with E-state index in [1.54, 1.807) is 27.5 Å². The number of aromatic nitrogens is 2. The maximum absolute atomic E-state index is 11.1. The minimum Gasteiger partial charge on any atom is -0.495 e. The second-order valence-electron chi connectivity index (χ2n) is 10.4. The van der Waals surface area contributed by atoms with Crippen LogP contribution in [0.25, 0.3) is 0 Å². The summed E-state index contributed by atoms with van der Waals surface area (Å²) in [5.74, 6) is 1.79. The molecule has 1 aromatic heterocycles. The summed E-state index contributed by atoms with van der Waals surface area (Å²) < 4.78 is 41.3. The van der Waals surface area contributed by atoms with Crippen LogP contribution >= 0.6 is 11.6 Å². The summed E-state index contributed by atoms with van der Waals surface area (Å²) in [6.45, 7) is 3.46. The lowest BCUT2D eigenvalue weighted by Crippen LogP contribution is -2.43. The zero-order valence-electron chi connectivity index (χ0n) is 23.5. The Hall–Kier alpha value is -2.22. The molecule has 2 atom stereocenters. The highest BCUT2D eigenvalue weighted by Crippen LogP contribution is 2.34.